The standard InChI is InChI=1S/C25H29N3O7S2/c1-17-6-7-18(2)22(14-17)27-37(32,33)21-11-8-19(9-12-21)26-25(29)16-28(36(5,30)31)23-15-20(34-3)10-13-24(23)35-4/h6-15,27H,16H2,1-5H3,(H,26,29). The molecule has 0 heterocycles. The molecule has 0 aromatic heterocycles. The third-order valence-corrected chi connectivity index (χ3v) is 7.94. The number of aryl methyl sites for hydroxylation is 2. The molecular formula is C25H29N3O7S2. The number of ether oxygens (including phenoxy) is 2. The number of hydrogen-bond acceptors (Lipinski definition) is 7. The Morgan fingerprint density at radius 1 is 0.892 bits per heavy atom. The van der Waals surface area contributed by atoms with Crippen LogP contribution in [0.15, 0.2) is 65.6 Å². The Labute approximate surface area is 217 Å². The van der Waals surface area contributed by atoms with Crippen LogP contribution in [0, 0.1) is 13.8 Å². The minimum atomic E-state index is -3.88. The highest BCUT2D eigenvalue weighted by molar-refractivity contribution is 7.92. The van der Waals surface area contributed by atoms with Gasteiger partial charge >= 0.3 is 0 Å². The van der Waals surface area contributed by atoms with Gasteiger partial charge in [0.15, 0.2) is 0 Å². The molecule has 3 rings (SSSR count). The van der Waals surface area contributed by atoms with E-state index >= 15 is 0 Å². The Morgan fingerprint density at radius 2 is 1.57 bits per heavy atom. The third kappa shape index (κ3) is 6.92. The zero-order chi connectivity index (χ0) is 27.4. The molecular weight excluding hydrogens is 518 g/mol. The fourth-order valence-electron chi connectivity index (χ4n) is 3.47. The van der Waals surface area contributed by atoms with Gasteiger partial charge in [0, 0.05) is 11.8 Å². The number of amides is 1. The Kier molecular flexibility index (Phi) is 8.34. The van der Waals surface area contributed by atoms with Crippen LogP contribution in [0.5, 0.6) is 11.5 Å². The molecule has 3 aromatic carbocycles. The summed E-state index contributed by atoms with van der Waals surface area (Å²) in [6, 6.07) is 15.6. The van der Waals surface area contributed by atoms with Crippen LogP contribution < -0.4 is 23.8 Å². The van der Waals surface area contributed by atoms with Gasteiger partial charge in [-0.05, 0) is 67.4 Å². The maximum absolute atomic E-state index is 12.8. The van der Waals surface area contributed by atoms with Crippen molar-refractivity contribution >= 4 is 43.0 Å². The van der Waals surface area contributed by atoms with Crippen molar-refractivity contribution in [2.75, 3.05) is 41.4 Å². The number of nitrogens with zero attached hydrogens (tertiary/aromatic N) is 1. The summed E-state index contributed by atoms with van der Waals surface area (Å²) >= 11 is 0. The number of benzene rings is 3. The molecule has 3 aromatic rings. The summed E-state index contributed by atoms with van der Waals surface area (Å²) in [5.41, 5.74) is 2.60. The average molecular weight is 548 g/mol. The molecule has 198 valence electrons. The van der Waals surface area contributed by atoms with Crippen molar-refractivity contribution in [3.05, 3.63) is 71.8 Å². The molecule has 12 heteroatoms. The first kappa shape index (κ1) is 27.8. The zero-order valence-electron chi connectivity index (χ0n) is 21.1. The molecule has 2 N–H and O–H groups in total. The van der Waals surface area contributed by atoms with Gasteiger partial charge in [0.2, 0.25) is 15.9 Å². The number of rotatable bonds is 10. The lowest BCUT2D eigenvalue weighted by molar-refractivity contribution is -0.114. The summed E-state index contributed by atoms with van der Waals surface area (Å²) in [4.78, 5) is 12.8. The van der Waals surface area contributed by atoms with Gasteiger partial charge in [0.05, 0.1) is 36.7 Å². The molecule has 0 unspecified atom stereocenters. The van der Waals surface area contributed by atoms with Crippen LogP contribution in [0.2, 0.25) is 0 Å². The summed E-state index contributed by atoms with van der Waals surface area (Å²) in [5, 5.41) is 2.59. The van der Waals surface area contributed by atoms with E-state index in [-0.39, 0.29) is 16.3 Å². The fraction of sp³-hybridized carbons (Fsp3) is 0.240. The van der Waals surface area contributed by atoms with Crippen molar-refractivity contribution in [1.82, 2.24) is 0 Å². The Hall–Kier alpha value is -3.77. The minimum Gasteiger partial charge on any atom is -0.497 e. The van der Waals surface area contributed by atoms with E-state index in [0.717, 1.165) is 21.7 Å². The van der Waals surface area contributed by atoms with Gasteiger partial charge in [0.1, 0.15) is 18.0 Å². The molecule has 0 saturated heterocycles. The predicted octanol–water partition coefficient (Wildman–Crippen LogP) is 3.53. The van der Waals surface area contributed by atoms with E-state index in [1.54, 1.807) is 19.1 Å². The van der Waals surface area contributed by atoms with Crippen molar-refractivity contribution < 1.29 is 31.1 Å². The van der Waals surface area contributed by atoms with Crippen LogP contribution in [0.4, 0.5) is 17.1 Å². The second-order valence-corrected chi connectivity index (χ2v) is 11.9. The van der Waals surface area contributed by atoms with E-state index in [2.05, 4.69) is 10.0 Å². The molecule has 37 heavy (non-hydrogen) atoms. The molecule has 10 nitrogen and oxygen atoms in total. The van der Waals surface area contributed by atoms with E-state index in [0.29, 0.717) is 17.1 Å². The van der Waals surface area contributed by atoms with E-state index in [1.807, 2.05) is 19.1 Å². The normalized spacial score (nSPS) is 11.5. The van der Waals surface area contributed by atoms with E-state index in [9.17, 15) is 21.6 Å². The monoisotopic (exact) mass is 547 g/mol. The Morgan fingerprint density at radius 3 is 2.16 bits per heavy atom. The minimum absolute atomic E-state index is 0.00489. The first-order chi connectivity index (χ1) is 17.3. The molecule has 1 amide bonds. The first-order valence-corrected chi connectivity index (χ1v) is 14.4. The molecule has 0 aliphatic heterocycles. The van der Waals surface area contributed by atoms with Gasteiger partial charge in [0.25, 0.3) is 10.0 Å². The number of methoxy groups -OCH3 is 2. The number of hydrogen-bond donors (Lipinski definition) is 2. The summed E-state index contributed by atoms with van der Waals surface area (Å²) in [6.07, 6.45) is 0.974. The number of carbonyl (C=O) groups excluding carboxylic acids is 1. The summed E-state index contributed by atoms with van der Waals surface area (Å²) in [6.45, 7) is 3.12. The molecule has 0 fully saturated rings. The highest BCUT2D eigenvalue weighted by Gasteiger charge is 2.25. The summed E-state index contributed by atoms with van der Waals surface area (Å²) in [5.74, 6) is -0.0135. The lowest BCUT2D eigenvalue weighted by atomic mass is 10.1. The second-order valence-electron chi connectivity index (χ2n) is 8.30. The van der Waals surface area contributed by atoms with Gasteiger partial charge < -0.3 is 14.8 Å². The third-order valence-electron chi connectivity index (χ3n) is 5.43. The van der Waals surface area contributed by atoms with Crippen LogP contribution in [-0.4, -0.2) is 49.8 Å². The van der Waals surface area contributed by atoms with E-state index in [1.165, 1.54) is 50.6 Å². The molecule has 0 saturated carbocycles. The van der Waals surface area contributed by atoms with Crippen LogP contribution in [0.1, 0.15) is 11.1 Å². The lowest BCUT2D eigenvalue weighted by Crippen LogP contribution is -2.37. The summed E-state index contributed by atoms with van der Waals surface area (Å²) < 4.78 is 64.6. The van der Waals surface area contributed by atoms with Crippen molar-refractivity contribution in [1.29, 1.82) is 0 Å². The lowest BCUT2D eigenvalue weighted by Gasteiger charge is -2.24. The number of nitrogens with one attached hydrogen (secondary N) is 2. The van der Waals surface area contributed by atoms with Gasteiger partial charge in [-0.3, -0.25) is 13.8 Å². The molecule has 0 atom stereocenters. The summed E-state index contributed by atoms with van der Waals surface area (Å²) in [7, 11) is -4.92. The maximum Gasteiger partial charge on any atom is 0.261 e. The topological polar surface area (TPSA) is 131 Å². The average Bonchev–Trinajstić information content (AvgIpc) is 2.84. The van der Waals surface area contributed by atoms with Gasteiger partial charge in [-0.1, -0.05) is 12.1 Å². The molecule has 0 bridgehead atoms. The largest absolute Gasteiger partial charge is 0.497 e. The SMILES string of the molecule is COc1ccc(OC)c(N(CC(=O)Nc2ccc(S(=O)(=O)Nc3cc(C)ccc3C)cc2)S(C)(=O)=O)c1. The predicted molar refractivity (Wildman–Crippen MR) is 144 cm³/mol. The Bertz CT molecular complexity index is 1500. The smallest absolute Gasteiger partial charge is 0.261 e. The fourth-order valence-corrected chi connectivity index (χ4v) is 5.44. The molecule has 0 aliphatic carbocycles. The van der Waals surface area contributed by atoms with Crippen molar-refractivity contribution in [2.24, 2.45) is 0 Å². The molecule has 0 aliphatic rings. The van der Waals surface area contributed by atoms with Crippen molar-refractivity contribution in [3.8, 4) is 11.5 Å². The highest BCUT2D eigenvalue weighted by Crippen LogP contribution is 2.33. The van der Waals surface area contributed by atoms with Crippen LogP contribution >= 0.6 is 0 Å². The maximum atomic E-state index is 12.8. The van der Waals surface area contributed by atoms with E-state index in [4.69, 9.17) is 9.47 Å². The molecule has 0 spiro atoms. The number of anilines is 3. The first-order valence-electron chi connectivity index (χ1n) is 11.0. The van der Waals surface area contributed by atoms with Crippen LogP contribution in [-0.2, 0) is 24.8 Å². The zero-order valence-corrected chi connectivity index (χ0v) is 22.7. The van der Waals surface area contributed by atoms with E-state index < -0.39 is 32.5 Å². The van der Waals surface area contributed by atoms with Crippen molar-refractivity contribution in [2.45, 2.75) is 18.7 Å². The second kappa shape index (κ2) is 11.1. The van der Waals surface area contributed by atoms with Gasteiger partial charge in [-0.15, -0.1) is 0 Å². The highest BCUT2D eigenvalue weighted by atomic mass is 32.2. The van der Waals surface area contributed by atoms with Crippen molar-refractivity contribution in [3.63, 3.8) is 0 Å². The van der Waals surface area contributed by atoms with Gasteiger partial charge in [-0.25, -0.2) is 16.8 Å². The van der Waals surface area contributed by atoms with Crippen LogP contribution in [0.3, 0.4) is 0 Å². The molecule has 0 radical (unpaired) electrons. The van der Waals surface area contributed by atoms with Crippen LogP contribution in [0.25, 0.3) is 0 Å². The number of carbonyl (C=O) groups is 1. The quantitative estimate of drug-likeness (QED) is 0.397. The van der Waals surface area contributed by atoms with Gasteiger partial charge in [-0.2, -0.15) is 0 Å². The number of sulfonamides is 2. The Balaban J connectivity index is 1.78.